The second-order valence-corrected chi connectivity index (χ2v) is 11.4. The summed E-state index contributed by atoms with van der Waals surface area (Å²) in [6.45, 7) is 3.57. The van der Waals surface area contributed by atoms with Crippen LogP contribution in [0.4, 0.5) is 22.9 Å². The molecule has 0 aromatic carbocycles. The van der Waals surface area contributed by atoms with Crippen molar-refractivity contribution in [3.8, 4) is 0 Å². The van der Waals surface area contributed by atoms with Crippen molar-refractivity contribution in [3.63, 3.8) is 0 Å². The number of nitrogens with two attached hydrogens (primary N) is 1. The van der Waals surface area contributed by atoms with E-state index in [0.29, 0.717) is 11.4 Å². The summed E-state index contributed by atoms with van der Waals surface area (Å²) in [5, 5.41) is 13.2. The molecule has 4 aromatic rings. The Morgan fingerprint density at radius 1 is 0.787 bits per heavy atom. The topological polar surface area (TPSA) is 221 Å². The van der Waals surface area contributed by atoms with E-state index in [4.69, 9.17) is 5.73 Å². The van der Waals surface area contributed by atoms with E-state index in [1.165, 1.54) is 32.0 Å². The molecule has 0 fully saturated rings. The standard InChI is InChI=1S/C29H32BrN11O6/c1-15(30)25(43)35-18-7-9-38(2)23(18)28(46)34-17-11-19(39(3)13-17)26(44)33-16-10-20(40(4)12-16)27(45)37-22-14-41(5)24(36-22)29(47)32-8-6-21(31)42/h7,9-14H,1,6,8H2,2-5H3,(H2,31,42)(H,32,47)(H,33,44)(H,34,46)(H,35,43)(H,37,45). The molecule has 0 saturated carbocycles. The summed E-state index contributed by atoms with van der Waals surface area (Å²) >= 11 is 3.01. The Morgan fingerprint density at radius 3 is 1.94 bits per heavy atom. The number of rotatable bonds is 12. The van der Waals surface area contributed by atoms with Crippen molar-refractivity contribution < 1.29 is 28.8 Å². The van der Waals surface area contributed by atoms with Crippen LogP contribution in [-0.4, -0.2) is 65.2 Å². The molecule has 6 amide bonds. The van der Waals surface area contributed by atoms with Crippen LogP contribution in [0.1, 0.15) is 48.5 Å². The highest BCUT2D eigenvalue weighted by Gasteiger charge is 2.22. The molecule has 0 aliphatic carbocycles. The van der Waals surface area contributed by atoms with Gasteiger partial charge in [-0.15, -0.1) is 0 Å². The predicted molar refractivity (Wildman–Crippen MR) is 176 cm³/mol. The normalized spacial score (nSPS) is 10.7. The Kier molecular flexibility index (Phi) is 10.1. The quantitative estimate of drug-likeness (QED) is 0.119. The Bertz CT molecular complexity index is 1930. The van der Waals surface area contributed by atoms with Crippen molar-refractivity contribution >= 4 is 74.3 Å². The lowest BCUT2D eigenvalue weighted by Crippen LogP contribution is -2.29. The first-order valence-electron chi connectivity index (χ1n) is 13.8. The molecule has 0 aliphatic rings. The van der Waals surface area contributed by atoms with E-state index in [2.05, 4.69) is 54.1 Å². The fraction of sp³-hybridized carbons (Fsp3) is 0.207. The van der Waals surface area contributed by atoms with Gasteiger partial charge in [-0.3, -0.25) is 28.8 Å². The van der Waals surface area contributed by atoms with Gasteiger partial charge in [0.15, 0.2) is 5.82 Å². The number of anilines is 4. The van der Waals surface area contributed by atoms with E-state index in [9.17, 15) is 28.8 Å². The minimum Gasteiger partial charge on any atom is -0.370 e. The van der Waals surface area contributed by atoms with Gasteiger partial charge in [0.2, 0.25) is 11.7 Å². The van der Waals surface area contributed by atoms with Crippen molar-refractivity contribution in [2.45, 2.75) is 6.42 Å². The first-order chi connectivity index (χ1) is 22.1. The van der Waals surface area contributed by atoms with Crippen molar-refractivity contribution in [2.24, 2.45) is 33.9 Å². The van der Waals surface area contributed by atoms with E-state index in [-0.39, 0.29) is 51.9 Å². The van der Waals surface area contributed by atoms with E-state index in [0.717, 1.165) is 0 Å². The van der Waals surface area contributed by atoms with Gasteiger partial charge in [0.1, 0.15) is 17.1 Å². The molecule has 47 heavy (non-hydrogen) atoms. The fourth-order valence-corrected chi connectivity index (χ4v) is 4.60. The van der Waals surface area contributed by atoms with E-state index < -0.39 is 35.4 Å². The Hall–Kier alpha value is -5.91. The van der Waals surface area contributed by atoms with Crippen molar-refractivity contribution in [1.82, 2.24) is 28.6 Å². The zero-order valence-corrected chi connectivity index (χ0v) is 27.4. The van der Waals surface area contributed by atoms with Crippen LogP contribution in [0.2, 0.25) is 0 Å². The lowest BCUT2D eigenvalue weighted by Gasteiger charge is -2.09. The van der Waals surface area contributed by atoms with E-state index in [1.54, 1.807) is 57.4 Å². The molecule has 4 rings (SSSR count). The lowest BCUT2D eigenvalue weighted by atomic mass is 10.3. The third-order valence-corrected chi connectivity index (χ3v) is 7.11. The number of aromatic nitrogens is 5. The molecule has 0 aliphatic heterocycles. The number of primary amides is 1. The van der Waals surface area contributed by atoms with E-state index in [1.807, 2.05) is 0 Å². The number of nitrogens with zero attached hydrogens (tertiary/aromatic N) is 5. The number of aryl methyl sites for hydroxylation is 4. The molecule has 0 unspecified atom stereocenters. The molecule has 246 valence electrons. The molecule has 0 spiro atoms. The lowest BCUT2D eigenvalue weighted by molar-refractivity contribution is -0.118. The summed E-state index contributed by atoms with van der Waals surface area (Å²) in [5.74, 6) is -3.06. The molecule has 0 bridgehead atoms. The van der Waals surface area contributed by atoms with Crippen LogP contribution < -0.4 is 32.3 Å². The maximum atomic E-state index is 13.2. The minimum atomic E-state index is -0.558. The van der Waals surface area contributed by atoms with Crippen molar-refractivity contribution in [3.05, 3.63) is 77.0 Å². The van der Waals surface area contributed by atoms with Gasteiger partial charge in [-0.1, -0.05) is 6.58 Å². The van der Waals surface area contributed by atoms with Crippen LogP contribution in [0.25, 0.3) is 0 Å². The summed E-state index contributed by atoms with van der Waals surface area (Å²) < 4.78 is 6.08. The van der Waals surface area contributed by atoms with Gasteiger partial charge >= 0.3 is 0 Å². The molecular formula is C29H32BrN11O6. The zero-order chi connectivity index (χ0) is 34.6. The molecule has 0 atom stereocenters. The largest absolute Gasteiger partial charge is 0.370 e. The highest BCUT2D eigenvalue weighted by Crippen LogP contribution is 2.22. The molecule has 4 aromatic heterocycles. The third-order valence-electron chi connectivity index (χ3n) is 6.75. The number of imidazole rings is 1. The van der Waals surface area contributed by atoms with Crippen molar-refractivity contribution in [1.29, 1.82) is 0 Å². The second-order valence-electron chi connectivity index (χ2n) is 10.4. The van der Waals surface area contributed by atoms with Gasteiger partial charge in [-0.2, -0.15) is 0 Å². The van der Waals surface area contributed by atoms with Gasteiger partial charge in [-0.05, 0) is 34.1 Å². The van der Waals surface area contributed by atoms with Gasteiger partial charge in [0, 0.05) is 65.9 Å². The predicted octanol–water partition coefficient (Wildman–Crippen LogP) is 1.64. The molecule has 0 radical (unpaired) electrons. The van der Waals surface area contributed by atoms with Crippen LogP contribution >= 0.6 is 15.9 Å². The number of amides is 6. The maximum absolute atomic E-state index is 13.2. The number of hydrogen-bond acceptors (Lipinski definition) is 7. The number of hydrogen-bond donors (Lipinski definition) is 6. The molecule has 18 heteroatoms. The summed E-state index contributed by atoms with van der Waals surface area (Å²) in [4.78, 5) is 78.7. The summed E-state index contributed by atoms with van der Waals surface area (Å²) in [5.41, 5.74) is 6.59. The molecule has 17 nitrogen and oxygen atoms in total. The van der Waals surface area contributed by atoms with Gasteiger partial charge < -0.3 is 50.6 Å². The van der Waals surface area contributed by atoms with Gasteiger partial charge in [-0.25, -0.2) is 4.98 Å². The summed E-state index contributed by atoms with van der Waals surface area (Å²) in [6, 6.07) is 4.52. The zero-order valence-electron chi connectivity index (χ0n) is 25.8. The first kappa shape index (κ1) is 34.0. The third kappa shape index (κ3) is 8.03. The van der Waals surface area contributed by atoms with Gasteiger partial charge in [0.05, 0.1) is 21.5 Å². The Balaban J connectivity index is 1.40. The summed E-state index contributed by atoms with van der Waals surface area (Å²) in [7, 11) is 6.47. The van der Waals surface area contributed by atoms with Crippen LogP contribution in [0, 0.1) is 0 Å². The summed E-state index contributed by atoms with van der Waals surface area (Å²) in [6.07, 6.45) is 6.13. The average molecular weight is 711 g/mol. The Morgan fingerprint density at radius 2 is 1.36 bits per heavy atom. The Labute approximate surface area is 276 Å². The van der Waals surface area contributed by atoms with Crippen LogP contribution in [0.5, 0.6) is 0 Å². The number of nitrogens with one attached hydrogen (secondary N) is 5. The number of carbonyl (C=O) groups is 6. The molecule has 7 N–H and O–H groups in total. The second kappa shape index (κ2) is 14.0. The first-order valence-corrected chi connectivity index (χ1v) is 14.6. The smallest absolute Gasteiger partial charge is 0.287 e. The minimum absolute atomic E-state index is 0.0135. The van der Waals surface area contributed by atoms with Crippen LogP contribution in [0.3, 0.4) is 0 Å². The van der Waals surface area contributed by atoms with Crippen molar-refractivity contribution in [2.75, 3.05) is 27.8 Å². The van der Waals surface area contributed by atoms with Gasteiger partial charge in [0.25, 0.3) is 29.5 Å². The highest BCUT2D eigenvalue weighted by atomic mass is 79.9. The van der Waals surface area contributed by atoms with E-state index >= 15 is 0 Å². The number of halogens is 1. The number of carbonyl (C=O) groups excluding carboxylic acids is 6. The fourth-order valence-electron chi connectivity index (χ4n) is 4.50. The molecule has 4 heterocycles. The van der Waals surface area contributed by atoms with Crippen LogP contribution in [-0.2, 0) is 37.8 Å². The average Bonchev–Trinajstić information content (AvgIpc) is 3.74. The maximum Gasteiger partial charge on any atom is 0.287 e. The monoisotopic (exact) mass is 709 g/mol. The molecule has 0 saturated heterocycles. The molecular weight excluding hydrogens is 678 g/mol. The highest BCUT2D eigenvalue weighted by molar-refractivity contribution is 9.12. The van der Waals surface area contributed by atoms with Crippen LogP contribution in [0.15, 0.2) is 54.0 Å². The SMILES string of the molecule is C=C(Br)C(=O)Nc1ccn(C)c1C(=O)Nc1cc(C(=O)Nc2cc(C(=O)Nc3cn(C)c(C(=O)NCCC(N)=O)n3)n(C)c2)n(C)c1.